The van der Waals surface area contributed by atoms with Gasteiger partial charge in [0, 0.05) is 12.1 Å². The van der Waals surface area contributed by atoms with Crippen molar-refractivity contribution in [3.63, 3.8) is 0 Å². The molecule has 114 valence electrons. The van der Waals surface area contributed by atoms with Crippen LogP contribution in [0, 0.1) is 0 Å². The molecule has 0 aromatic heterocycles. The molecule has 0 radical (unpaired) electrons. The van der Waals surface area contributed by atoms with Gasteiger partial charge in [0.25, 0.3) is 0 Å². The summed E-state index contributed by atoms with van der Waals surface area (Å²) in [6.07, 6.45) is 1.82. The second-order valence-electron chi connectivity index (χ2n) is 5.36. The zero-order chi connectivity index (χ0) is 15.8. The SMILES string of the molecule is C=CN(Cc1ccccc1)CN(C)CC(=O)c1ccccc1. The summed E-state index contributed by atoms with van der Waals surface area (Å²) in [5.74, 6) is 0.131. The van der Waals surface area contributed by atoms with Gasteiger partial charge in [0.1, 0.15) is 0 Å². The third kappa shape index (κ3) is 4.86. The maximum atomic E-state index is 12.2. The largest absolute Gasteiger partial charge is 0.361 e. The van der Waals surface area contributed by atoms with Gasteiger partial charge in [0.2, 0.25) is 0 Å². The lowest BCUT2D eigenvalue weighted by atomic mass is 10.1. The highest BCUT2D eigenvalue weighted by Gasteiger charge is 2.11. The van der Waals surface area contributed by atoms with Crippen LogP contribution in [0.1, 0.15) is 15.9 Å². The van der Waals surface area contributed by atoms with Crippen molar-refractivity contribution in [1.82, 2.24) is 9.80 Å². The first kappa shape index (κ1) is 16.0. The molecule has 0 N–H and O–H groups in total. The van der Waals surface area contributed by atoms with E-state index in [1.807, 2.05) is 66.7 Å². The molecular weight excluding hydrogens is 272 g/mol. The second-order valence-corrected chi connectivity index (χ2v) is 5.36. The maximum absolute atomic E-state index is 12.2. The fraction of sp³-hybridized carbons (Fsp3) is 0.211. The molecule has 2 rings (SSSR count). The highest BCUT2D eigenvalue weighted by atomic mass is 16.1. The van der Waals surface area contributed by atoms with E-state index in [-0.39, 0.29) is 5.78 Å². The van der Waals surface area contributed by atoms with Gasteiger partial charge >= 0.3 is 0 Å². The Morgan fingerprint density at radius 2 is 1.64 bits per heavy atom. The van der Waals surface area contributed by atoms with Gasteiger partial charge in [-0.3, -0.25) is 9.69 Å². The smallest absolute Gasteiger partial charge is 0.176 e. The van der Waals surface area contributed by atoms with Gasteiger partial charge in [-0.05, 0) is 18.8 Å². The van der Waals surface area contributed by atoms with E-state index in [1.165, 1.54) is 5.56 Å². The fourth-order valence-corrected chi connectivity index (χ4v) is 2.31. The first-order valence-electron chi connectivity index (χ1n) is 7.36. The molecule has 2 aromatic rings. The predicted molar refractivity (Wildman–Crippen MR) is 90.5 cm³/mol. The molecule has 3 heteroatoms. The number of hydrogen-bond acceptors (Lipinski definition) is 3. The molecule has 0 saturated carbocycles. The monoisotopic (exact) mass is 294 g/mol. The molecule has 0 aliphatic rings. The zero-order valence-corrected chi connectivity index (χ0v) is 13.0. The fourth-order valence-electron chi connectivity index (χ4n) is 2.31. The van der Waals surface area contributed by atoms with E-state index in [4.69, 9.17) is 0 Å². The zero-order valence-electron chi connectivity index (χ0n) is 13.0. The standard InChI is InChI=1S/C19H22N2O/c1-3-21(14-17-10-6-4-7-11-17)16-20(2)15-19(22)18-12-8-5-9-13-18/h3-13H,1,14-16H2,2H3. The highest BCUT2D eigenvalue weighted by Crippen LogP contribution is 2.06. The normalized spacial score (nSPS) is 10.5. The van der Waals surface area contributed by atoms with Crippen LogP contribution in [0.3, 0.4) is 0 Å². The lowest BCUT2D eigenvalue weighted by Crippen LogP contribution is -2.35. The minimum atomic E-state index is 0.131. The molecule has 0 aliphatic heterocycles. The number of Topliss-reactive ketones (excluding diaryl/α,β-unsaturated/α-hetero) is 1. The van der Waals surface area contributed by atoms with Gasteiger partial charge in [-0.1, -0.05) is 67.2 Å². The summed E-state index contributed by atoms with van der Waals surface area (Å²) in [5.41, 5.74) is 1.98. The van der Waals surface area contributed by atoms with Gasteiger partial charge in [0.15, 0.2) is 5.78 Å². The molecule has 3 nitrogen and oxygen atoms in total. The molecule has 0 fully saturated rings. The van der Waals surface area contributed by atoms with Crippen LogP contribution in [-0.2, 0) is 6.54 Å². The summed E-state index contributed by atoms with van der Waals surface area (Å²) in [4.78, 5) is 16.3. The summed E-state index contributed by atoms with van der Waals surface area (Å²) < 4.78 is 0. The van der Waals surface area contributed by atoms with Crippen LogP contribution in [0.25, 0.3) is 0 Å². The van der Waals surface area contributed by atoms with Crippen molar-refractivity contribution >= 4 is 5.78 Å². The average Bonchev–Trinajstić information content (AvgIpc) is 2.56. The Balaban J connectivity index is 1.88. The highest BCUT2D eigenvalue weighted by molar-refractivity contribution is 5.97. The molecule has 2 aromatic carbocycles. The molecule has 0 heterocycles. The number of likely N-dealkylation sites (N-methyl/N-ethyl adjacent to an activating group) is 1. The molecule has 22 heavy (non-hydrogen) atoms. The molecular formula is C19H22N2O. The predicted octanol–water partition coefficient (Wildman–Crippen LogP) is 3.40. The maximum Gasteiger partial charge on any atom is 0.176 e. The quantitative estimate of drug-likeness (QED) is 0.550. The van der Waals surface area contributed by atoms with E-state index in [0.29, 0.717) is 13.2 Å². The molecule has 0 atom stereocenters. The number of carbonyl (C=O) groups excluding carboxylic acids is 1. The Morgan fingerprint density at radius 3 is 2.23 bits per heavy atom. The topological polar surface area (TPSA) is 23.6 Å². The van der Waals surface area contributed by atoms with E-state index in [9.17, 15) is 4.79 Å². The van der Waals surface area contributed by atoms with Gasteiger partial charge in [-0.15, -0.1) is 0 Å². The van der Waals surface area contributed by atoms with Crippen LogP contribution >= 0.6 is 0 Å². The van der Waals surface area contributed by atoms with Crippen molar-refractivity contribution in [2.75, 3.05) is 20.3 Å². The van der Waals surface area contributed by atoms with Crippen molar-refractivity contribution in [2.24, 2.45) is 0 Å². The average molecular weight is 294 g/mol. The minimum Gasteiger partial charge on any atom is -0.361 e. The van der Waals surface area contributed by atoms with Crippen LogP contribution in [0.5, 0.6) is 0 Å². The number of ketones is 1. The van der Waals surface area contributed by atoms with Crippen molar-refractivity contribution < 1.29 is 4.79 Å². The molecule has 0 unspecified atom stereocenters. The van der Waals surface area contributed by atoms with E-state index in [0.717, 1.165) is 12.1 Å². The van der Waals surface area contributed by atoms with Gasteiger partial charge < -0.3 is 4.90 Å². The molecule has 0 amide bonds. The van der Waals surface area contributed by atoms with Crippen LogP contribution < -0.4 is 0 Å². The van der Waals surface area contributed by atoms with Crippen LogP contribution in [-0.4, -0.2) is 35.8 Å². The number of hydrogen-bond donors (Lipinski definition) is 0. The van der Waals surface area contributed by atoms with E-state index in [1.54, 1.807) is 0 Å². The summed E-state index contributed by atoms with van der Waals surface area (Å²) in [7, 11) is 1.95. The van der Waals surface area contributed by atoms with Gasteiger partial charge in [-0.25, -0.2) is 0 Å². The number of carbonyl (C=O) groups is 1. The van der Waals surface area contributed by atoms with Crippen molar-refractivity contribution in [1.29, 1.82) is 0 Å². The molecule has 0 aliphatic carbocycles. The number of rotatable bonds is 8. The van der Waals surface area contributed by atoms with Gasteiger partial charge in [-0.2, -0.15) is 0 Å². The van der Waals surface area contributed by atoms with Crippen LogP contribution in [0.2, 0.25) is 0 Å². The third-order valence-corrected chi connectivity index (χ3v) is 3.42. The number of nitrogens with zero attached hydrogens (tertiary/aromatic N) is 2. The van der Waals surface area contributed by atoms with Crippen molar-refractivity contribution in [3.05, 3.63) is 84.6 Å². The Morgan fingerprint density at radius 1 is 1.05 bits per heavy atom. The third-order valence-electron chi connectivity index (χ3n) is 3.42. The van der Waals surface area contributed by atoms with E-state index in [2.05, 4.69) is 23.6 Å². The Labute approximate surface area is 132 Å². The Bertz CT molecular complexity index is 595. The van der Waals surface area contributed by atoms with E-state index < -0.39 is 0 Å². The minimum absolute atomic E-state index is 0.131. The second kappa shape index (κ2) is 8.15. The van der Waals surface area contributed by atoms with Crippen molar-refractivity contribution in [2.45, 2.75) is 6.54 Å². The van der Waals surface area contributed by atoms with Crippen molar-refractivity contribution in [3.8, 4) is 0 Å². The summed E-state index contributed by atoms with van der Waals surface area (Å²) in [6.45, 7) is 5.70. The van der Waals surface area contributed by atoms with Gasteiger partial charge in [0.05, 0.1) is 13.2 Å². The lowest BCUT2D eigenvalue weighted by molar-refractivity contribution is 0.0913. The summed E-state index contributed by atoms with van der Waals surface area (Å²) >= 11 is 0. The molecule has 0 bridgehead atoms. The molecule has 0 saturated heterocycles. The van der Waals surface area contributed by atoms with E-state index >= 15 is 0 Å². The first-order chi connectivity index (χ1) is 10.7. The molecule has 0 spiro atoms. The Kier molecular flexibility index (Phi) is 5.92. The summed E-state index contributed by atoms with van der Waals surface area (Å²) in [5, 5.41) is 0. The first-order valence-corrected chi connectivity index (χ1v) is 7.36. The Hall–Kier alpha value is -2.39. The lowest BCUT2D eigenvalue weighted by Gasteiger charge is -2.26. The van der Waals surface area contributed by atoms with Crippen LogP contribution in [0.4, 0.5) is 0 Å². The summed E-state index contributed by atoms with van der Waals surface area (Å²) in [6, 6.07) is 19.6. The number of benzene rings is 2. The van der Waals surface area contributed by atoms with Crippen LogP contribution in [0.15, 0.2) is 73.4 Å².